The highest BCUT2D eigenvalue weighted by Crippen LogP contribution is 2.22. The van der Waals surface area contributed by atoms with E-state index < -0.39 is 0 Å². The Labute approximate surface area is 185 Å². The fourth-order valence-electron chi connectivity index (χ4n) is 3.22. The van der Waals surface area contributed by atoms with E-state index in [2.05, 4.69) is 29.0 Å². The fourth-order valence-corrected chi connectivity index (χ4v) is 3.22. The molecule has 156 valence electrons. The van der Waals surface area contributed by atoms with Gasteiger partial charge in [0.15, 0.2) is 5.96 Å². The monoisotopic (exact) mass is 500 g/mol. The fraction of sp³-hybridized carbons (Fsp3) is 0.524. The van der Waals surface area contributed by atoms with Gasteiger partial charge < -0.3 is 20.3 Å². The number of hydrogen-bond donors (Lipinski definition) is 2. The van der Waals surface area contributed by atoms with Crippen LogP contribution in [0, 0.1) is 5.92 Å². The Kier molecular flexibility index (Phi) is 11.6. The zero-order valence-electron chi connectivity index (χ0n) is 16.9. The van der Waals surface area contributed by atoms with Crippen LogP contribution in [0.2, 0.25) is 0 Å². The Bertz CT molecular complexity index is 643. The number of benzene rings is 1. The van der Waals surface area contributed by atoms with E-state index in [9.17, 15) is 4.79 Å². The molecule has 0 unspecified atom stereocenters. The summed E-state index contributed by atoms with van der Waals surface area (Å²) in [7, 11) is 1.70. The summed E-state index contributed by atoms with van der Waals surface area (Å²) in [6.07, 6.45) is 4.38. The summed E-state index contributed by atoms with van der Waals surface area (Å²) in [6.45, 7) is 9.49. The van der Waals surface area contributed by atoms with Gasteiger partial charge in [-0.05, 0) is 31.7 Å². The number of ether oxygens (including phenoxy) is 1. The number of rotatable bonds is 8. The maximum atomic E-state index is 11.6. The molecule has 1 aliphatic rings. The summed E-state index contributed by atoms with van der Waals surface area (Å²) in [5, 5.41) is 6.11. The molecule has 0 spiro atoms. The van der Waals surface area contributed by atoms with Gasteiger partial charge in [0.2, 0.25) is 5.91 Å². The zero-order valence-corrected chi connectivity index (χ0v) is 19.3. The van der Waals surface area contributed by atoms with Gasteiger partial charge in [-0.3, -0.25) is 4.79 Å². The van der Waals surface area contributed by atoms with Crippen molar-refractivity contribution in [2.24, 2.45) is 10.9 Å². The van der Waals surface area contributed by atoms with Gasteiger partial charge in [0, 0.05) is 38.7 Å². The highest BCUT2D eigenvalue weighted by atomic mass is 127. The number of aliphatic imine (C=N–C) groups is 1. The Morgan fingerprint density at radius 2 is 2.07 bits per heavy atom. The minimum absolute atomic E-state index is 0. The predicted octanol–water partition coefficient (Wildman–Crippen LogP) is 3.18. The molecule has 1 aromatic carbocycles. The summed E-state index contributed by atoms with van der Waals surface area (Å²) in [6, 6.07) is 7.98. The third kappa shape index (κ3) is 7.69. The van der Waals surface area contributed by atoms with Gasteiger partial charge in [-0.15, -0.1) is 24.0 Å². The molecule has 1 heterocycles. The first kappa shape index (κ1) is 24.3. The number of hydrogen-bond acceptors (Lipinski definition) is 3. The quantitative estimate of drug-likeness (QED) is 0.249. The van der Waals surface area contributed by atoms with Crippen LogP contribution < -0.4 is 15.4 Å². The minimum Gasteiger partial charge on any atom is -0.489 e. The minimum atomic E-state index is 0. The molecule has 6 nitrogen and oxygen atoms in total. The van der Waals surface area contributed by atoms with Crippen LogP contribution in [0.1, 0.15) is 31.7 Å². The number of amides is 1. The van der Waals surface area contributed by atoms with E-state index in [1.807, 2.05) is 24.3 Å². The lowest BCUT2D eigenvalue weighted by Crippen LogP contribution is -2.46. The Hall–Kier alpha value is -1.77. The number of piperidine rings is 1. The van der Waals surface area contributed by atoms with Crippen molar-refractivity contribution in [2.45, 2.75) is 32.7 Å². The Morgan fingerprint density at radius 3 is 2.71 bits per heavy atom. The van der Waals surface area contributed by atoms with Crippen molar-refractivity contribution < 1.29 is 9.53 Å². The molecule has 0 aromatic heterocycles. The van der Waals surface area contributed by atoms with E-state index in [1.165, 1.54) is 0 Å². The van der Waals surface area contributed by atoms with Crippen molar-refractivity contribution >= 4 is 35.8 Å². The third-order valence-corrected chi connectivity index (χ3v) is 4.73. The van der Waals surface area contributed by atoms with Crippen molar-refractivity contribution in [1.82, 2.24) is 15.5 Å². The van der Waals surface area contributed by atoms with Gasteiger partial charge >= 0.3 is 0 Å². The van der Waals surface area contributed by atoms with Gasteiger partial charge in [0.05, 0.1) is 6.54 Å². The molecule has 1 aliphatic heterocycles. The number of para-hydroxylation sites is 1. The van der Waals surface area contributed by atoms with Crippen molar-refractivity contribution in [3.05, 3.63) is 42.5 Å². The molecular formula is C21H33IN4O2. The normalized spacial score (nSPS) is 14.8. The third-order valence-electron chi connectivity index (χ3n) is 4.73. The van der Waals surface area contributed by atoms with E-state index in [-0.39, 0.29) is 29.9 Å². The average molecular weight is 500 g/mol. The van der Waals surface area contributed by atoms with Gasteiger partial charge in [0.1, 0.15) is 12.4 Å². The topological polar surface area (TPSA) is 66.0 Å². The second kappa shape index (κ2) is 13.4. The van der Waals surface area contributed by atoms with Crippen LogP contribution in [0.4, 0.5) is 0 Å². The van der Waals surface area contributed by atoms with E-state index in [1.54, 1.807) is 13.1 Å². The molecule has 0 bridgehead atoms. The lowest BCUT2D eigenvalue weighted by molar-refractivity contribution is -0.121. The molecule has 2 rings (SSSR count). The standard InChI is InChI=1S/C21H32N4O2.HI/c1-4-14-27-19-9-7-6-8-18(19)16-24-21(23-5-2)25-12-10-17(11-13-25)15-20(26)22-3;/h4,6-9,17H,1,5,10-16H2,2-3H3,(H,22,26)(H,23,24);1H. The van der Waals surface area contributed by atoms with E-state index >= 15 is 0 Å². The van der Waals surface area contributed by atoms with Crippen LogP contribution in [0.3, 0.4) is 0 Å². The summed E-state index contributed by atoms with van der Waals surface area (Å²) in [4.78, 5) is 18.7. The molecule has 0 radical (unpaired) electrons. The molecule has 1 amide bonds. The lowest BCUT2D eigenvalue weighted by atomic mass is 9.93. The zero-order chi connectivity index (χ0) is 19.5. The molecule has 28 heavy (non-hydrogen) atoms. The highest BCUT2D eigenvalue weighted by molar-refractivity contribution is 14.0. The summed E-state index contributed by atoms with van der Waals surface area (Å²) in [5.41, 5.74) is 1.06. The number of carbonyl (C=O) groups excluding carboxylic acids is 1. The predicted molar refractivity (Wildman–Crippen MR) is 125 cm³/mol. The molecule has 1 saturated heterocycles. The van der Waals surface area contributed by atoms with E-state index in [4.69, 9.17) is 9.73 Å². The number of nitrogens with zero attached hydrogens (tertiary/aromatic N) is 2. The summed E-state index contributed by atoms with van der Waals surface area (Å²) >= 11 is 0. The van der Waals surface area contributed by atoms with Crippen LogP contribution in [-0.4, -0.2) is 50.1 Å². The smallest absolute Gasteiger partial charge is 0.220 e. The van der Waals surface area contributed by atoms with Crippen molar-refractivity contribution in [1.29, 1.82) is 0 Å². The number of likely N-dealkylation sites (tertiary alicyclic amines) is 1. The molecule has 1 fully saturated rings. The second-order valence-electron chi connectivity index (χ2n) is 6.69. The van der Waals surface area contributed by atoms with Gasteiger partial charge in [-0.1, -0.05) is 30.9 Å². The van der Waals surface area contributed by atoms with Crippen LogP contribution in [0.5, 0.6) is 5.75 Å². The molecule has 2 N–H and O–H groups in total. The van der Waals surface area contributed by atoms with Gasteiger partial charge in [-0.2, -0.15) is 0 Å². The molecule has 0 aliphatic carbocycles. The number of carbonyl (C=O) groups is 1. The molecule has 7 heteroatoms. The first-order valence-electron chi connectivity index (χ1n) is 9.73. The number of halogens is 1. The summed E-state index contributed by atoms with van der Waals surface area (Å²) < 4.78 is 5.73. The van der Waals surface area contributed by atoms with Crippen molar-refractivity contribution in [2.75, 3.05) is 33.3 Å². The number of nitrogens with one attached hydrogen (secondary N) is 2. The van der Waals surface area contributed by atoms with Crippen LogP contribution >= 0.6 is 24.0 Å². The average Bonchev–Trinajstić information content (AvgIpc) is 2.70. The Morgan fingerprint density at radius 1 is 1.36 bits per heavy atom. The molecular weight excluding hydrogens is 467 g/mol. The largest absolute Gasteiger partial charge is 0.489 e. The van der Waals surface area contributed by atoms with Crippen molar-refractivity contribution in [3.63, 3.8) is 0 Å². The maximum Gasteiger partial charge on any atom is 0.220 e. The van der Waals surface area contributed by atoms with Crippen LogP contribution in [0.25, 0.3) is 0 Å². The maximum absolute atomic E-state index is 11.6. The van der Waals surface area contributed by atoms with E-state index in [0.29, 0.717) is 25.5 Å². The van der Waals surface area contributed by atoms with Gasteiger partial charge in [0.25, 0.3) is 0 Å². The second-order valence-corrected chi connectivity index (χ2v) is 6.69. The highest BCUT2D eigenvalue weighted by Gasteiger charge is 2.23. The van der Waals surface area contributed by atoms with Gasteiger partial charge in [-0.25, -0.2) is 4.99 Å². The molecule has 0 saturated carbocycles. The summed E-state index contributed by atoms with van der Waals surface area (Å²) in [5.74, 6) is 2.36. The van der Waals surface area contributed by atoms with Crippen LogP contribution in [-0.2, 0) is 11.3 Å². The number of guanidine groups is 1. The molecule has 0 atom stereocenters. The van der Waals surface area contributed by atoms with E-state index in [0.717, 1.165) is 49.7 Å². The Balaban J connectivity index is 0.00000392. The van der Waals surface area contributed by atoms with Crippen LogP contribution in [0.15, 0.2) is 41.9 Å². The lowest BCUT2D eigenvalue weighted by Gasteiger charge is -2.34. The first-order valence-corrected chi connectivity index (χ1v) is 9.73. The first-order chi connectivity index (χ1) is 13.2. The molecule has 1 aromatic rings. The SMILES string of the molecule is C=CCOc1ccccc1CN=C(NCC)N1CCC(CC(=O)NC)CC1.I. The van der Waals surface area contributed by atoms with Crippen molar-refractivity contribution in [3.8, 4) is 5.75 Å².